The molecule has 10 heteroatoms. The molecule has 4 rings (SSSR count). The molecule has 4 aromatic rings. The van der Waals surface area contributed by atoms with Crippen LogP contribution in [-0.2, 0) is 21.1 Å². The highest BCUT2D eigenvalue weighted by Gasteiger charge is 2.21. The molecule has 3 N–H and O–H groups in total. The number of aromatic amines is 1. The molecule has 0 amide bonds. The molecule has 0 aliphatic rings. The van der Waals surface area contributed by atoms with Crippen molar-refractivity contribution in [3.63, 3.8) is 0 Å². The zero-order valence-electron chi connectivity index (χ0n) is 17.0. The number of aromatic nitrogens is 3. The van der Waals surface area contributed by atoms with Gasteiger partial charge in [0.05, 0.1) is 18.4 Å². The Morgan fingerprint density at radius 1 is 1.19 bits per heavy atom. The predicted octanol–water partition coefficient (Wildman–Crippen LogP) is 3.93. The van der Waals surface area contributed by atoms with Crippen molar-refractivity contribution in [3.05, 3.63) is 66.2 Å². The van der Waals surface area contributed by atoms with Crippen LogP contribution in [0.25, 0.3) is 22.3 Å². The smallest absolute Gasteiger partial charge is 0.307 e. The molecule has 32 heavy (non-hydrogen) atoms. The lowest BCUT2D eigenvalue weighted by atomic mass is 10.1. The number of nitrogens with zero attached hydrogens (tertiary/aromatic N) is 2. The fraction of sp³-hybridized carbons (Fsp3) is 0.136. The summed E-state index contributed by atoms with van der Waals surface area (Å²) >= 11 is 0. The number of aliphatic carboxylic acids is 1. The van der Waals surface area contributed by atoms with Crippen molar-refractivity contribution in [3.8, 4) is 11.4 Å². The van der Waals surface area contributed by atoms with Gasteiger partial charge in [0.15, 0.2) is 21.5 Å². The lowest BCUT2D eigenvalue weighted by molar-refractivity contribution is -0.136. The van der Waals surface area contributed by atoms with Gasteiger partial charge < -0.3 is 15.4 Å². The Kier molecular flexibility index (Phi) is 5.62. The number of sulfone groups is 1. The van der Waals surface area contributed by atoms with E-state index in [1.54, 1.807) is 0 Å². The molecule has 0 fully saturated rings. The zero-order valence-corrected chi connectivity index (χ0v) is 17.8. The average molecular weight is 454 g/mol. The molecule has 164 valence electrons. The largest absolute Gasteiger partial charge is 0.481 e. The molecular formula is C22H19FN4O4S. The molecule has 0 unspecified atom stereocenters. The standard InChI is InChI=1S/C22H19FN4O4S/c1-2-32(30,31)19-12-25-21(15-4-6-18-14(9-15)7-8-24-18)27-22(19)26-16-5-3-13(10-20(28)29)17(23)11-16/h3-9,11-12,24H,2,10H2,1H3,(H,28,29)(H,25,26,27). The third kappa shape index (κ3) is 4.30. The minimum atomic E-state index is -3.67. The molecular weight excluding hydrogens is 435 g/mol. The maximum absolute atomic E-state index is 14.3. The van der Waals surface area contributed by atoms with Gasteiger partial charge in [0.25, 0.3) is 0 Å². The van der Waals surface area contributed by atoms with Gasteiger partial charge in [-0.05, 0) is 42.0 Å². The van der Waals surface area contributed by atoms with E-state index in [4.69, 9.17) is 5.11 Å². The van der Waals surface area contributed by atoms with Crippen LogP contribution in [0, 0.1) is 5.82 Å². The number of fused-ring (bicyclic) bond motifs is 1. The predicted molar refractivity (Wildman–Crippen MR) is 118 cm³/mol. The molecule has 8 nitrogen and oxygen atoms in total. The van der Waals surface area contributed by atoms with E-state index in [2.05, 4.69) is 20.3 Å². The maximum atomic E-state index is 14.3. The van der Waals surface area contributed by atoms with Crippen LogP contribution in [0.2, 0.25) is 0 Å². The number of rotatable bonds is 7. The topological polar surface area (TPSA) is 125 Å². The number of H-pyrrole nitrogens is 1. The van der Waals surface area contributed by atoms with E-state index < -0.39 is 28.0 Å². The van der Waals surface area contributed by atoms with Crippen LogP contribution in [0.1, 0.15) is 12.5 Å². The van der Waals surface area contributed by atoms with Gasteiger partial charge in [-0.25, -0.2) is 22.8 Å². The van der Waals surface area contributed by atoms with Crippen LogP contribution in [0.3, 0.4) is 0 Å². The Morgan fingerprint density at radius 2 is 2.00 bits per heavy atom. The van der Waals surface area contributed by atoms with E-state index in [1.807, 2.05) is 30.5 Å². The molecule has 0 aliphatic carbocycles. The van der Waals surface area contributed by atoms with Crippen LogP contribution >= 0.6 is 0 Å². The molecule has 0 radical (unpaired) electrons. The van der Waals surface area contributed by atoms with Crippen molar-refractivity contribution in [2.24, 2.45) is 0 Å². The minimum absolute atomic E-state index is 0.0106. The highest BCUT2D eigenvalue weighted by atomic mass is 32.2. The second kappa shape index (κ2) is 8.39. The third-order valence-electron chi connectivity index (χ3n) is 4.94. The van der Waals surface area contributed by atoms with E-state index in [-0.39, 0.29) is 27.7 Å². The summed E-state index contributed by atoms with van der Waals surface area (Å²) in [6, 6.07) is 11.4. The molecule has 2 aromatic heterocycles. The van der Waals surface area contributed by atoms with Crippen molar-refractivity contribution in [1.29, 1.82) is 0 Å². The summed E-state index contributed by atoms with van der Waals surface area (Å²) in [5, 5.41) is 12.7. The summed E-state index contributed by atoms with van der Waals surface area (Å²) in [6.45, 7) is 1.51. The monoisotopic (exact) mass is 454 g/mol. The number of carbonyl (C=O) groups is 1. The molecule has 0 saturated carbocycles. The Hall–Kier alpha value is -3.79. The van der Waals surface area contributed by atoms with Crippen molar-refractivity contribution in [2.45, 2.75) is 18.2 Å². The Bertz CT molecular complexity index is 1430. The number of carboxylic acid groups (broad SMARTS) is 1. The summed E-state index contributed by atoms with van der Waals surface area (Å²) in [4.78, 5) is 22.5. The molecule has 0 saturated heterocycles. The van der Waals surface area contributed by atoms with Crippen molar-refractivity contribution >= 4 is 38.2 Å². The molecule has 0 atom stereocenters. The van der Waals surface area contributed by atoms with E-state index in [9.17, 15) is 17.6 Å². The van der Waals surface area contributed by atoms with Crippen LogP contribution in [0.5, 0.6) is 0 Å². The summed E-state index contributed by atoms with van der Waals surface area (Å²) in [7, 11) is -3.67. The van der Waals surface area contributed by atoms with E-state index >= 15 is 0 Å². The maximum Gasteiger partial charge on any atom is 0.307 e. The first-order chi connectivity index (χ1) is 15.3. The van der Waals surface area contributed by atoms with E-state index in [0.29, 0.717) is 11.4 Å². The van der Waals surface area contributed by atoms with Gasteiger partial charge in [-0.1, -0.05) is 13.0 Å². The summed E-state index contributed by atoms with van der Waals surface area (Å²) in [5.41, 5.74) is 1.88. The number of hydrogen-bond donors (Lipinski definition) is 3. The summed E-state index contributed by atoms with van der Waals surface area (Å²) in [6.07, 6.45) is 2.59. The van der Waals surface area contributed by atoms with Gasteiger partial charge in [-0.15, -0.1) is 0 Å². The second-order valence-electron chi connectivity index (χ2n) is 7.09. The summed E-state index contributed by atoms with van der Waals surface area (Å²) < 4.78 is 39.5. The molecule has 0 spiro atoms. The fourth-order valence-corrected chi connectivity index (χ4v) is 4.16. The SMILES string of the molecule is CCS(=O)(=O)c1cnc(-c2ccc3[nH]ccc3c2)nc1Nc1ccc(CC(=O)O)c(F)c1. The van der Waals surface area contributed by atoms with E-state index in [0.717, 1.165) is 17.0 Å². The number of nitrogens with one attached hydrogen (secondary N) is 2. The van der Waals surface area contributed by atoms with Crippen LogP contribution in [0.15, 0.2) is 59.8 Å². The third-order valence-corrected chi connectivity index (χ3v) is 6.67. The van der Waals surface area contributed by atoms with Crippen molar-refractivity contribution < 1.29 is 22.7 Å². The Balaban J connectivity index is 1.77. The second-order valence-corrected chi connectivity index (χ2v) is 9.34. The fourth-order valence-electron chi connectivity index (χ4n) is 3.24. The highest BCUT2D eigenvalue weighted by molar-refractivity contribution is 7.91. The number of benzene rings is 2. The number of hydrogen-bond acceptors (Lipinski definition) is 6. The number of anilines is 2. The van der Waals surface area contributed by atoms with Gasteiger partial charge in [0.1, 0.15) is 10.7 Å². The minimum Gasteiger partial charge on any atom is -0.481 e. The van der Waals surface area contributed by atoms with Gasteiger partial charge in [-0.3, -0.25) is 4.79 Å². The summed E-state index contributed by atoms with van der Waals surface area (Å²) in [5.74, 6) is -1.72. The quantitative estimate of drug-likeness (QED) is 0.386. The Morgan fingerprint density at radius 3 is 2.72 bits per heavy atom. The van der Waals surface area contributed by atoms with Crippen molar-refractivity contribution in [1.82, 2.24) is 15.0 Å². The lowest BCUT2D eigenvalue weighted by Gasteiger charge is -2.13. The lowest BCUT2D eigenvalue weighted by Crippen LogP contribution is -2.10. The highest BCUT2D eigenvalue weighted by Crippen LogP contribution is 2.28. The molecule has 0 bridgehead atoms. The van der Waals surface area contributed by atoms with Crippen LogP contribution in [0.4, 0.5) is 15.9 Å². The zero-order chi connectivity index (χ0) is 22.9. The first-order valence-corrected chi connectivity index (χ1v) is 11.4. The Labute approximate surface area is 183 Å². The molecule has 2 aromatic carbocycles. The molecule has 2 heterocycles. The number of halogens is 1. The first-order valence-electron chi connectivity index (χ1n) is 9.71. The van der Waals surface area contributed by atoms with Crippen molar-refractivity contribution in [2.75, 3.05) is 11.1 Å². The first kappa shape index (κ1) is 21.4. The van der Waals surface area contributed by atoms with Gasteiger partial charge >= 0.3 is 5.97 Å². The normalized spacial score (nSPS) is 11.6. The van der Waals surface area contributed by atoms with Crippen LogP contribution in [-0.4, -0.2) is 40.2 Å². The van der Waals surface area contributed by atoms with Crippen LogP contribution < -0.4 is 5.32 Å². The van der Waals surface area contributed by atoms with Gasteiger partial charge in [0, 0.05) is 28.4 Å². The van der Waals surface area contributed by atoms with Gasteiger partial charge in [0.2, 0.25) is 0 Å². The molecule has 0 aliphatic heterocycles. The average Bonchev–Trinajstić information content (AvgIpc) is 3.23. The van der Waals surface area contributed by atoms with Gasteiger partial charge in [-0.2, -0.15) is 0 Å². The van der Waals surface area contributed by atoms with E-state index in [1.165, 1.54) is 25.3 Å². The number of carboxylic acids is 1.